The highest BCUT2D eigenvalue weighted by Crippen LogP contribution is 2.10. The lowest BCUT2D eigenvalue weighted by Gasteiger charge is -2.17. The maximum Gasteiger partial charge on any atom is 0.335 e. The zero-order chi connectivity index (χ0) is 14.5. The molecule has 1 heterocycles. The predicted molar refractivity (Wildman–Crippen MR) is 77.5 cm³/mol. The maximum absolute atomic E-state index is 10.8. The highest BCUT2D eigenvalue weighted by molar-refractivity contribution is 5.87. The van der Waals surface area contributed by atoms with Crippen molar-refractivity contribution in [3.05, 3.63) is 65.0 Å². The van der Waals surface area contributed by atoms with Gasteiger partial charge in [0.15, 0.2) is 0 Å². The van der Waals surface area contributed by atoms with Crippen LogP contribution in [0.5, 0.6) is 0 Å². The minimum atomic E-state index is -0.893. The van der Waals surface area contributed by atoms with Crippen molar-refractivity contribution in [3.63, 3.8) is 0 Å². The molecular formula is C16H18N2O2. The Hall–Kier alpha value is -2.20. The largest absolute Gasteiger partial charge is 0.478 e. The van der Waals surface area contributed by atoms with Gasteiger partial charge in [0.25, 0.3) is 0 Å². The van der Waals surface area contributed by atoms with Crippen LogP contribution in [0, 0.1) is 6.92 Å². The lowest BCUT2D eigenvalue weighted by atomic mass is 10.1. The van der Waals surface area contributed by atoms with Gasteiger partial charge in [0.05, 0.1) is 5.56 Å². The number of hydrogen-bond acceptors (Lipinski definition) is 3. The summed E-state index contributed by atoms with van der Waals surface area (Å²) in [5.74, 6) is -0.893. The summed E-state index contributed by atoms with van der Waals surface area (Å²) in [4.78, 5) is 17.1. The summed E-state index contributed by atoms with van der Waals surface area (Å²) in [5.41, 5.74) is 3.74. The Labute approximate surface area is 118 Å². The normalized spacial score (nSPS) is 10.8. The van der Waals surface area contributed by atoms with Crippen molar-refractivity contribution in [1.29, 1.82) is 0 Å². The zero-order valence-corrected chi connectivity index (χ0v) is 11.7. The molecule has 20 heavy (non-hydrogen) atoms. The summed E-state index contributed by atoms with van der Waals surface area (Å²) < 4.78 is 0. The molecule has 0 atom stereocenters. The van der Waals surface area contributed by atoms with Gasteiger partial charge in [-0.3, -0.25) is 9.88 Å². The number of rotatable bonds is 5. The van der Waals surface area contributed by atoms with Gasteiger partial charge in [-0.05, 0) is 42.8 Å². The van der Waals surface area contributed by atoms with E-state index in [0.717, 1.165) is 24.2 Å². The number of hydrogen-bond donors (Lipinski definition) is 1. The molecule has 0 spiro atoms. The number of aromatic nitrogens is 1. The van der Waals surface area contributed by atoms with Crippen molar-refractivity contribution in [2.75, 3.05) is 7.05 Å². The van der Waals surface area contributed by atoms with Gasteiger partial charge in [0, 0.05) is 25.5 Å². The molecule has 0 aliphatic carbocycles. The second-order valence-corrected chi connectivity index (χ2v) is 5.04. The molecule has 2 rings (SSSR count). The SMILES string of the molecule is Cc1cncc(CN(C)Cc2ccc(C(=O)O)cc2)c1. The van der Waals surface area contributed by atoms with E-state index in [4.69, 9.17) is 5.11 Å². The van der Waals surface area contributed by atoms with E-state index in [0.29, 0.717) is 5.56 Å². The molecule has 1 aromatic carbocycles. The van der Waals surface area contributed by atoms with Crippen LogP contribution in [-0.2, 0) is 13.1 Å². The molecule has 0 aliphatic rings. The molecular weight excluding hydrogens is 252 g/mol. The van der Waals surface area contributed by atoms with Gasteiger partial charge in [-0.15, -0.1) is 0 Å². The molecule has 0 saturated carbocycles. The van der Waals surface area contributed by atoms with Crippen molar-refractivity contribution in [3.8, 4) is 0 Å². The fraction of sp³-hybridized carbons (Fsp3) is 0.250. The number of benzene rings is 1. The number of carbonyl (C=O) groups is 1. The van der Waals surface area contributed by atoms with Crippen LogP contribution in [0.4, 0.5) is 0 Å². The van der Waals surface area contributed by atoms with Crippen molar-refractivity contribution in [1.82, 2.24) is 9.88 Å². The van der Waals surface area contributed by atoms with Gasteiger partial charge in [-0.1, -0.05) is 18.2 Å². The Kier molecular flexibility index (Phi) is 4.48. The molecule has 0 fully saturated rings. The lowest BCUT2D eigenvalue weighted by molar-refractivity contribution is 0.0697. The fourth-order valence-corrected chi connectivity index (χ4v) is 2.14. The van der Waals surface area contributed by atoms with Crippen molar-refractivity contribution >= 4 is 5.97 Å². The van der Waals surface area contributed by atoms with Crippen LogP contribution in [-0.4, -0.2) is 28.0 Å². The van der Waals surface area contributed by atoms with E-state index in [1.807, 2.05) is 38.5 Å². The average molecular weight is 270 g/mol. The molecule has 4 heteroatoms. The molecule has 0 saturated heterocycles. The monoisotopic (exact) mass is 270 g/mol. The third-order valence-corrected chi connectivity index (χ3v) is 3.04. The second-order valence-electron chi connectivity index (χ2n) is 5.04. The van der Waals surface area contributed by atoms with Crippen LogP contribution in [0.1, 0.15) is 27.0 Å². The van der Waals surface area contributed by atoms with E-state index in [-0.39, 0.29) is 0 Å². The molecule has 4 nitrogen and oxygen atoms in total. The molecule has 0 unspecified atom stereocenters. The van der Waals surface area contributed by atoms with E-state index in [1.54, 1.807) is 12.1 Å². The molecule has 0 amide bonds. The van der Waals surface area contributed by atoms with Gasteiger partial charge in [0.1, 0.15) is 0 Å². The second kappa shape index (κ2) is 6.30. The minimum absolute atomic E-state index is 0.319. The van der Waals surface area contributed by atoms with E-state index in [2.05, 4.69) is 16.0 Å². The van der Waals surface area contributed by atoms with E-state index in [1.165, 1.54) is 5.56 Å². The summed E-state index contributed by atoms with van der Waals surface area (Å²) in [6, 6.07) is 9.11. The van der Waals surface area contributed by atoms with Crippen molar-refractivity contribution in [2.24, 2.45) is 0 Å². The Morgan fingerprint density at radius 1 is 1.15 bits per heavy atom. The quantitative estimate of drug-likeness (QED) is 0.907. The summed E-state index contributed by atoms with van der Waals surface area (Å²) >= 11 is 0. The smallest absolute Gasteiger partial charge is 0.335 e. The molecule has 0 aliphatic heterocycles. The Balaban J connectivity index is 1.97. The van der Waals surface area contributed by atoms with Crippen LogP contribution in [0.25, 0.3) is 0 Å². The summed E-state index contributed by atoms with van der Waals surface area (Å²) in [6.07, 6.45) is 3.71. The van der Waals surface area contributed by atoms with E-state index in [9.17, 15) is 4.79 Å². The number of carboxylic acid groups (broad SMARTS) is 1. The third-order valence-electron chi connectivity index (χ3n) is 3.04. The third kappa shape index (κ3) is 3.90. The highest BCUT2D eigenvalue weighted by Gasteiger charge is 2.05. The standard InChI is InChI=1S/C16H18N2O2/c1-12-7-14(9-17-8-12)11-18(2)10-13-3-5-15(6-4-13)16(19)20/h3-9H,10-11H2,1-2H3,(H,19,20). The highest BCUT2D eigenvalue weighted by atomic mass is 16.4. The Bertz CT molecular complexity index is 594. The molecule has 0 bridgehead atoms. The van der Waals surface area contributed by atoms with Crippen LogP contribution in [0.15, 0.2) is 42.7 Å². The van der Waals surface area contributed by atoms with E-state index < -0.39 is 5.97 Å². The first-order chi connectivity index (χ1) is 9.54. The van der Waals surface area contributed by atoms with Crippen LogP contribution < -0.4 is 0 Å². The Morgan fingerprint density at radius 3 is 2.40 bits per heavy atom. The lowest BCUT2D eigenvalue weighted by Crippen LogP contribution is -2.17. The average Bonchev–Trinajstić information content (AvgIpc) is 2.39. The van der Waals surface area contributed by atoms with Gasteiger partial charge in [-0.25, -0.2) is 4.79 Å². The number of aryl methyl sites for hydroxylation is 1. The molecule has 2 aromatic rings. The van der Waals surface area contributed by atoms with Crippen LogP contribution in [0.3, 0.4) is 0 Å². The van der Waals surface area contributed by atoms with Gasteiger partial charge in [0.2, 0.25) is 0 Å². The minimum Gasteiger partial charge on any atom is -0.478 e. The van der Waals surface area contributed by atoms with Gasteiger partial charge >= 0.3 is 5.97 Å². The molecule has 1 aromatic heterocycles. The fourth-order valence-electron chi connectivity index (χ4n) is 2.14. The van der Waals surface area contributed by atoms with Crippen LogP contribution in [0.2, 0.25) is 0 Å². The summed E-state index contributed by atoms with van der Waals surface area (Å²) in [6.45, 7) is 3.62. The van der Waals surface area contributed by atoms with Crippen molar-refractivity contribution in [2.45, 2.75) is 20.0 Å². The number of aromatic carboxylic acids is 1. The summed E-state index contributed by atoms with van der Waals surface area (Å²) in [7, 11) is 2.04. The molecule has 0 radical (unpaired) electrons. The molecule has 1 N–H and O–H groups in total. The first-order valence-electron chi connectivity index (χ1n) is 6.46. The topological polar surface area (TPSA) is 53.4 Å². The zero-order valence-electron chi connectivity index (χ0n) is 11.7. The van der Waals surface area contributed by atoms with Gasteiger partial charge < -0.3 is 5.11 Å². The molecule has 104 valence electrons. The summed E-state index contributed by atoms with van der Waals surface area (Å²) in [5, 5.41) is 8.86. The van der Waals surface area contributed by atoms with Crippen LogP contribution >= 0.6 is 0 Å². The Morgan fingerprint density at radius 2 is 1.80 bits per heavy atom. The maximum atomic E-state index is 10.8. The van der Waals surface area contributed by atoms with E-state index >= 15 is 0 Å². The predicted octanol–water partition coefficient (Wildman–Crippen LogP) is 2.72. The number of pyridine rings is 1. The van der Waals surface area contributed by atoms with Crippen molar-refractivity contribution < 1.29 is 9.90 Å². The first kappa shape index (κ1) is 14.2. The number of nitrogens with zero attached hydrogens (tertiary/aromatic N) is 2. The number of carboxylic acids is 1. The first-order valence-corrected chi connectivity index (χ1v) is 6.46. The van der Waals surface area contributed by atoms with Gasteiger partial charge in [-0.2, -0.15) is 0 Å².